The Morgan fingerprint density at radius 1 is 1.33 bits per heavy atom. The minimum atomic E-state index is -4.36. The molecule has 0 aliphatic heterocycles. The highest BCUT2D eigenvalue weighted by molar-refractivity contribution is 7.11. The molecule has 0 aromatic carbocycles. The number of aromatic nitrogens is 1. The molecule has 0 amide bonds. The molecule has 3 nitrogen and oxygen atoms in total. The van der Waals surface area contributed by atoms with E-state index < -0.39 is 11.9 Å². The molecule has 0 bridgehead atoms. The fraction of sp³-hybridized carbons (Fsp3) is 0.727. The van der Waals surface area contributed by atoms with E-state index in [2.05, 4.69) is 10.3 Å². The van der Waals surface area contributed by atoms with E-state index in [0.717, 1.165) is 11.3 Å². The lowest BCUT2D eigenvalue weighted by atomic mass is 10.3. The standard InChI is InChI=1S/C11H18F3N3S/c1-4-15-7-8-10(11(12,13)14)16-9(18-8)5-6-17(2)3/h15H,4-7H2,1-3H3. The smallest absolute Gasteiger partial charge is 0.312 e. The van der Waals surface area contributed by atoms with E-state index in [-0.39, 0.29) is 11.4 Å². The predicted octanol–water partition coefficient (Wildman–Crippen LogP) is 2.38. The van der Waals surface area contributed by atoms with Crippen LogP contribution in [-0.2, 0) is 19.1 Å². The second kappa shape index (κ2) is 6.49. The van der Waals surface area contributed by atoms with Crippen LogP contribution in [0.1, 0.15) is 22.5 Å². The highest BCUT2D eigenvalue weighted by Crippen LogP contribution is 2.34. The zero-order valence-corrected chi connectivity index (χ0v) is 11.6. The average Bonchev–Trinajstić information content (AvgIpc) is 2.66. The SMILES string of the molecule is CCNCc1sc(CCN(C)C)nc1C(F)(F)F. The van der Waals surface area contributed by atoms with Crippen molar-refractivity contribution in [1.82, 2.24) is 15.2 Å². The Bertz CT molecular complexity index is 374. The van der Waals surface area contributed by atoms with Gasteiger partial charge in [-0.3, -0.25) is 0 Å². The molecule has 0 unspecified atom stereocenters. The van der Waals surface area contributed by atoms with Crippen LogP contribution in [0.4, 0.5) is 13.2 Å². The summed E-state index contributed by atoms with van der Waals surface area (Å²) in [5, 5.41) is 3.46. The Labute approximate surface area is 109 Å². The zero-order chi connectivity index (χ0) is 13.8. The van der Waals surface area contributed by atoms with Crippen molar-refractivity contribution in [3.05, 3.63) is 15.6 Å². The normalized spacial score (nSPS) is 12.4. The van der Waals surface area contributed by atoms with Crippen molar-refractivity contribution in [1.29, 1.82) is 0 Å². The topological polar surface area (TPSA) is 28.2 Å². The van der Waals surface area contributed by atoms with E-state index in [0.29, 0.717) is 24.5 Å². The summed E-state index contributed by atoms with van der Waals surface area (Å²) in [5.41, 5.74) is -0.734. The maximum absolute atomic E-state index is 12.8. The molecule has 104 valence electrons. The zero-order valence-electron chi connectivity index (χ0n) is 10.8. The third-order valence-corrected chi connectivity index (χ3v) is 3.43. The maximum Gasteiger partial charge on any atom is 0.434 e. The second-order valence-electron chi connectivity index (χ2n) is 4.21. The molecule has 0 saturated carbocycles. The van der Waals surface area contributed by atoms with Gasteiger partial charge in [0, 0.05) is 19.5 Å². The van der Waals surface area contributed by atoms with E-state index >= 15 is 0 Å². The summed E-state index contributed by atoms with van der Waals surface area (Å²) in [7, 11) is 3.77. The van der Waals surface area contributed by atoms with Crippen molar-refractivity contribution < 1.29 is 13.2 Å². The van der Waals surface area contributed by atoms with Crippen LogP contribution >= 0.6 is 11.3 Å². The van der Waals surface area contributed by atoms with Crippen molar-refractivity contribution in [3.63, 3.8) is 0 Å². The molecule has 0 aliphatic carbocycles. The number of halogens is 3. The highest BCUT2D eigenvalue weighted by atomic mass is 32.1. The van der Waals surface area contributed by atoms with Gasteiger partial charge in [0.25, 0.3) is 0 Å². The summed E-state index contributed by atoms with van der Waals surface area (Å²) in [5.74, 6) is 0. The quantitative estimate of drug-likeness (QED) is 0.867. The van der Waals surface area contributed by atoms with E-state index in [1.165, 1.54) is 0 Å². The Hall–Kier alpha value is -0.660. The van der Waals surface area contributed by atoms with E-state index in [4.69, 9.17) is 0 Å². The fourth-order valence-corrected chi connectivity index (χ4v) is 2.45. The van der Waals surface area contributed by atoms with Crippen LogP contribution in [0.5, 0.6) is 0 Å². The molecule has 1 heterocycles. The van der Waals surface area contributed by atoms with Gasteiger partial charge in [-0.2, -0.15) is 13.2 Å². The molecule has 0 aliphatic rings. The number of nitrogens with zero attached hydrogens (tertiary/aromatic N) is 2. The summed E-state index contributed by atoms with van der Waals surface area (Å²) >= 11 is 1.15. The van der Waals surface area contributed by atoms with Gasteiger partial charge >= 0.3 is 6.18 Å². The lowest BCUT2D eigenvalue weighted by Crippen LogP contribution is -2.16. The lowest BCUT2D eigenvalue weighted by Gasteiger charge is -2.06. The number of hydrogen-bond acceptors (Lipinski definition) is 4. The lowest BCUT2D eigenvalue weighted by molar-refractivity contribution is -0.141. The first-order chi connectivity index (χ1) is 8.34. The van der Waals surface area contributed by atoms with Crippen molar-refractivity contribution in [2.24, 2.45) is 0 Å². The number of likely N-dealkylation sites (N-methyl/N-ethyl adjacent to an activating group) is 1. The van der Waals surface area contributed by atoms with Crippen molar-refractivity contribution in [3.8, 4) is 0 Å². The molecule has 0 saturated heterocycles. The molecule has 1 aromatic rings. The number of nitrogens with one attached hydrogen (secondary N) is 1. The largest absolute Gasteiger partial charge is 0.434 e. The monoisotopic (exact) mass is 281 g/mol. The van der Waals surface area contributed by atoms with Gasteiger partial charge in [0.15, 0.2) is 5.69 Å². The third kappa shape index (κ3) is 4.55. The van der Waals surface area contributed by atoms with Crippen LogP contribution in [-0.4, -0.2) is 37.1 Å². The Morgan fingerprint density at radius 3 is 2.50 bits per heavy atom. The molecule has 1 aromatic heterocycles. The minimum Gasteiger partial charge on any atom is -0.312 e. The molecule has 18 heavy (non-hydrogen) atoms. The number of hydrogen-bond donors (Lipinski definition) is 1. The summed E-state index contributed by atoms with van der Waals surface area (Å²) < 4.78 is 38.4. The Morgan fingerprint density at radius 2 is 2.00 bits per heavy atom. The summed E-state index contributed by atoms with van der Waals surface area (Å²) in [6.45, 7) is 3.43. The fourth-order valence-electron chi connectivity index (χ4n) is 1.41. The first kappa shape index (κ1) is 15.4. The van der Waals surface area contributed by atoms with Gasteiger partial charge in [0.2, 0.25) is 0 Å². The van der Waals surface area contributed by atoms with Gasteiger partial charge in [-0.25, -0.2) is 4.98 Å². The second-order valence-corrected chi connectivity index (χ2v) is 5.38. The van der Waals surface area contributed by atoms with Crippen LogP contribution in [0.25, 0.3) is 0 Å². The first-order valence-corrected chi connectivity index (χ1v) is 6.57. The molecule has 0 radical (unpaired) electrons. The average molecular weight is 281 g/mol. The van der Waals surface area contributed by atoms with Crippen molar-refractivity contribution >= 4 is 11.3 Å². The van der Waals surface area contributed by atoms with Gasteiger partial charge in [0.05, 0.1) is 9.88 Å². The van der Waals surface area contributed by atoms with E-state index in [9.17, 15) is 13.2 Å². The highest BCUT2D eigenvalue weighted by Gasteiger charge is 2.37. The van der Waals surface area contributed by atoms with E-state index in [1.807, 2.05) is 25.9 Å². The Kier molecular flexibility index (Phi) is 5.55. The molecule has 1 rings (SSSR count). The van der Waals surface area contributed by atoms with Crippen LogP contribution < -0.4 is 5.32 Å². The molecule has 7 heteroatoms. The summed E-state index contributed by atoms with van der Waals surface area (Å²) in [4.78, 5) is 5.94. The molecule has 0 fully saturated rings. The maximum atomic E-state index is 12.8. The molecule has 0 spiro atoms. The van der Waals surface area contributed by atoms with Crippen LogP contribution in [0.2, 0.25) is 0 Å². The van der Waals surface area contributed by atoms with Crippen LogP contribution in [0.15, 0.2) is 0 Å². The van der Waals surface area contributed by atoms with E-state index in [1.54, 1.807) is 0 Å². The van der Waals surface area contributed by atoms with Crippen LogP contribution in [0.3, 0.4) is 0 Å². The van der Waals surface area contributed by atoms with Crippen molar-refractivity contribution in [2.75, 3.05) is 27.2 Å². The predicted molar refractivity (Wildman–Crippen MR) is 66.8 cm³/mol. The van der Waals surface area contributed by atoms with Gasteiger partial charge in [-0.05, 0) is 20.6 Å². The van der Waals surface area contributed by atoms with Gasteiger partial charge in [-0.1, -0.05) is 6.92 Å². The van der Waals surface area contributed by atoms with Gasteiger partial charge in [0.1, 0.15) is 0 Å². The number of alkyl halides is 3. The van der Waals surface area contributed by atoms with Crippen molar-refractivity contribution in [2.45, 2.75) is 26.1 Å². The summed E-state index contributed by atoms with van der Waals surface area (Å²) in [6, 6.07) is 0. The van der Waals surface area contributed by atoms with Crippen LogP contribution in [0, 0.1) is 0 Å². The molecular weight excluding hydrogens is 263 g/mol. The number of thiazole rings is 1. The summed E-state index contributed by atoms with van der Waals surface area (Å²) in [6.07, 6.45) is -3.81. The Balaban J connectivity index is 2.85. The first-order valence-electron chi connectivity index (χ1n) is 5.75. The molecule has 0 atom stereocenters. The molecule has 1 N–H and O–H groups in total. The molecular formula is C11H18F3N3S. The number of rotatable bonds is 6. The van der Waals surface area contributed by atoms with Gasteiger partial charge < -0.3 is 10.2 Å². The third-order valence-electron chi connectivity index (χ3n) is 2.32. The van der Waals surface area contributed by atoms with Gasteiger partial charge in [-0.15, -0.1) is 11.3 Å². The minimum absolute atomic E-state index is 0.227.